The largest absolute Gasteiger partial charge is 0.455 e. The van der Waals surface area contributed by atoms with Crippen molar-refractivity contribution in [3.8, 4) is 22.3 Å². The fraction of sp³-hybridized carbons (Fsp3) is 0.0400. The standard InChI is InChI=1S/C50H35NO/c1-2-12-34(13-3-1)35-24-29-39(30-25-35)51(40-31-26-38(27-32-40)42-20-10-16-36-14-4-6-17-41(36)42)48-23-9-8-19-44(48)45-21-11-22-46-47-33-28-37-15-5-7-18-43(37)49(47)52-50(45)46/h1-19,21-33,42H,20H2/i24D,25D,29D,30D. The van der Waals surface area contributed by atoms with E-state index in [4.69, 9.17) is 4.42 Å². The normalized spacial score (nSPS) is 14.9. The number of para-hydroxylation sites is 2. The molecule has 10 rings (SSSR count). The first-order chi connectivity index (χ1) is 27.5. The quantitative estimate of drug-likeness (QED) is 0.175. The van der Waals surface area contributed by atoms with E-state index in [-0.39, 0.29) is 41.3 Å². The van der Waals surface area contributed by atoms with Crippen molar-refractivity contribution < 1.29 is 9.90 Å². The highest BCUT2D eigenvalue weighted by Crippen LogP contribution is 2.46. The average molecular weight is 670 g/mol. The fourth-order valence-corrected chi connectivity index (χ4v) is 7.80. The Balaban J connectivity index is 1.20. The van der Waals surface area contributed by atoms with Gasteiger partial charge in [0.25, 0.3) is 0 Å². The topological polar surface area (TPSA) is 16.4 Å². The summed E-state index contributed by atoms with van der Waals surface area (Å²) in [5.41, 5.74) is 9.44. The van der Waals surface area contributed by atoms with Gasteiger partial charge in [-0.25, -0.2) is 0 Å². The lowest BCUT2D eigenvalue weighted by Gasteiger charge is -2.29. The molecule has 246 valence electrons. The molecule has 0 bridgehead atoms. The molecule has 1 aromatic heterocycles. The van der Waals surface area contributed by atoms with Gasteiger partial charge in [0.1, 0.15) is 11.2 Å². The van der Waals surface area contributed by atoms with E-state index in [9.17, 15) is 5.48 Å². The average Bonchev–Trinajstić information content (AvgIpc) is 3.65. The molecule has 0 radical (unpaired) electrons. The van der Waals surface area contributed by atoms with Crippen LogP contribution in [0.1, 0.15) is 34.5 Å². The van der Waals surface area contributed by atoms with Crippen LogP contribution in [0.25, 0.3) is 61.0 Å². The molecule has 1 heterocycles. The van der Waals surface area contributed by atoms with E-state index < -0.39 is 0 Å². The van der Waals surface area contributed by atoms with E-state index >= 15 is 0 Å². The molecule has 0 amide bonds. The summed E-state index contributed by atoms with van der Waals surface area (Å²) in [5.74, 6) is 0.191. The summed E-state index contributed by atoms with van der Waals surface area (Å²) in [6.45, 7) is 0. The molecule has 0 saturated carbocycles. The fourth-order valence-electron chi connectivity index (χ4n) is 7.80. The van der Waals surface area contributed by atoms with Crippen LogP contribution >= 0.6 is 0 Å². The molecule has 1 atom stereocenters. The highest BCUT2D eigenvalue weighted by atomic mass is 16.3. The van der Waals surface area contributed by atoms with Gasteiger partial charge in [0, 0.05) is 44.6 Å². The lowest BCUT2D eigenvalue weighted by atomic mass is 9.82. The molecule has 1 aliphatic rings. The Labute approximate surface area is 309 Å². The Hall–Kier alpha value is -6.64. The summed E-state index contributed by atoms with van der Waals surface area (Å²) < 4.78 is 44.4. The zero-order valence-corrected chi connectivity index (χ0v) is 28.3. The first-order valence-electron chi connectivity index (χ1n) is 19.7. The Morgan fingerprint density at radius 2 is 1.23 bits per heavy atom. The Kier molecular flexibility index (Phi) is 6.35. The van der Waals surface area contributed by atoms with E-state index in [1.54, 1.807) is 0 Å². The molecule has 0 spiro atoms. The van der Waals surface area contributed by atoms with Crippen LogP contribution in [0.4, 0.5) is 17.1 Å². The van der Waals surface area contributed by atoms with Crippen molar-refractivity contribution >= 4 is 55.8 Å². The third-order valence-electron chi connectivity index (χ3n) is 10.3. The molecule has 1 aliphatic carbocycles. The van der Waals surface area contributed by atoms with Gasteiger partial charge in [-0.1, -0.05) is 158 Å². The van der Waals surface area contributed by atoms with Gasteiger partial charge in [0.2, 0.25) is 0 Å². The Bertz CT molecular complexity index is 2970. The van der Waals surface area contributed by atoms with Crippen LogP contribution < -0.4 is 4.90 Å². The van der Waals surface area contributed by atoms with Crippen molar-refractivity contribution in [2.75, 3.05) is 4.90 Å². The number of benzene rings is 8. The first-order valence-corrected chi connectivity index (χ1v) is 17.7. The van der Waals surface area contributed by atoms with Crippen LogP contribution in [0.3, 0.4) is 0 Å². The molecule has 0 saturated heterocycles. The van der Waals surface area contributed by atoms with Crippen molar-refractivity contribution in [1.82, 2.24) is 0 Å². The minimum Gasteiger partial charge on any atom is -0.455 e. The number of hydrogen-bond acceptors (Lipinski definition) is 2. The molecular formula is C50H35NO. The molecule has 0 N–H and O–H groups in total. The van der Waals surface area contributed by atoms with Crippen molar-refractivity contribution in [3.63, 3.8) is 0 Å². The summed E-state index contributed by atoms with van der Waals surface area (Å²) in [7, 11) is 0. The van der Waals surface area contributed by atoms with Crippen LogP contribution in [-0.2, 0) is 0 Å². The lowest BCUT2D eigenvalue weighted by molar-refractivity contribution is 0.674. The SMILES string of the molecule is [2H]c1c([2H])c(N(c2ccc(C3CC=Cc4ccccc43)cc2)c2ccccc2-c2cccc3c2oc2c4ccccc4ccc32)c([2H])c([2H])c1-c1ccccc1. The molecular weight excluding hydrogens is 631 g/mol. The van der Waals surface area contributed by atoms with Crippen molar-refractivity contribution in [2.24, 2.45) is 0 Å². The predicted molar refractivity (Wildman–Crippen MR) is 219 cm³/mol. The van der Waals surface area contributed by atoms with Gasteiger partial charge in [0.15, 0.2) is 0 Å². The second-order valence-corrected chi connectivity index (χ2v) is 13.3. The molecule has 52 heavy (non-hydrogen) atoms. The molecule has 0 aliphatic heterocycles. The summed E-state index contributed by atoms with van der Waals surface area (Å²) >= 11 is 0. The van der Waals surface area contributed by atoms with Crippen molar-refractivity contribution in [2.45, 2.75) is 12.3 Å². The summed E-state index contributed by atoms with van der Waals surface area (Å²) in [4.78, 5) is 1.89. The molecule has 2 heteroatoms. The van der Waals surface area contributed by atoms with E-state index in [2.05, 4.69) is 84.9 Å². The summed E-state index contributed by atoms with van der Waals surface area (Å²) in [6.07, 6.45) is 5.30. The zero-order chi connectivity index (χ0) is 37.9. The van der Waals surface area contributed by atoms with Crippen LogP contribution in [0, 0.1) is 0 Å². The monoisotopic (exact) mass is 669 g/mol. The van der Waals surface area contributed by atoms with Crippen LogP contribution in [0.5, 0.6) is 0 Å². The zero-order valence-electron chi connectivity index (χ0n) is 32.3. The minimum atomic E-state index is -0.122. The molecule has 8 aromatic carbocycles. The number of furan rings is 1. The van der Waals surface area contributed by atoms with Gasteiger partial charge in [-0.3, -0.25) is 0 Å². The van der Waals surface area contributed by atoms with E-state index in [0.717, 1.165) is 61.5 Å². The van der Waals surface area contributed by atoms with Gasteiger partial charge >= 0.3 is 0 Å². The van der Waals surface area contributed by atoms with Crippen molar-refractivity contribution in [1.29, 1.82) is 0 Å². The molecule has 9 aromatic rings. The highest BCUT2D eigenvalue weighted by Gasteiger charge is 2.23. The lowest BCUT2D eigenvalue weighted by Crippen LogP contribution is -2.12. The summed E-state index contributed by atoms with van der Waals surface area (Å²) in [5, 5.41) is 4.17. The van der Waals surface area contributed by atoms with Crippen LogP contribution in [0.15, 0.2) is 192 Å². The van der Waals surface area contributed by atoms with Gasteiger partial charge in [-0.2, -0.15) is 0 Å². The van der Waals surface area contributed by atoms with Gasteiger partial charge in [-0.15, -0.1) is 0 Å². The third-order valence-corrected chi connectivity index (χ3v) is 10.3. The third kappa shape index (κ3) is 5.11. The number of allylic oxidation sites excluding steroid dienone is 1. The Morgan fingerprint density at radius 3 is 2.12 bits per heavy atom. The maximum Gasteiger partial charge on any atom is 0.143 e. The number of anilines is 3. The number of fused-ring (bicyclic) bond motifs is 6. The maximum atomic E-state index is 9.53. The smallest absolute Gasteiger partial charge is 0.143 e. The predicted octanol–water partition coefficient (Wildman–Crippen LogP) is 14.1. The number of nitrogens with zero attached hydrogens (tertiary/aromatic N) is 1. The highest BCUT2D eigenvalue weighted by molar-refractivity contribution is 6.17. The minimum absolute atomic E-state index is 0.0943. The first kappa shape index (κ1) is 26.2. The van der Waals surface area contributed by atoms with Gasteiger partial charge in [-0.05, 0) is 76.0 Å². The van der Waals surface area contributed by atoms with Crippen molar-refractivity contribution in [3.05, 3.63) is 205 Å². The van der Waals surface area contributed by atoms with E-state index in [1.165, 1.54) is 11.1 Å². The van der Waals surface area contributed by atoms with Crippen LogP contribution in [0.2, 0.25) is 0 Å². The van der Waals surface area contributed by atoms with Crippen LogP contribution in [-0.4, -0.2) is 0 Å². The summed E-state index contributed by atoms with van der Waals surface area (Å²) in [6, 6.07) is 52.2. The molecule has 0 fully saturated rings. The van der Waals surface area contributed by atoms with E-state index in [0.29, 0.717) is 11.3 Å². The van der Waals surface area contributed by atoms with Gasteiger partial charge in [0.05, 0.1) is 11.2 Å². The second-order valence-electron chi connectivity index (χ2n) is 13.3. The maximum absolute atomic E-state index is 9.53. The Morgan fingerprint density at radius 1 is 0.519 bits per heavy atom. The van der Waals surface area contributed by atoms with Gasteiger partial charge < -0.3 is 9.32 Å². The van der Waals surface area contributed by atoms with E-state index in [1.807, 2.05) is 89.8 Å². The number of rotatable bonds is 6. The number of hydrogen-bond donors (Lipinski definition) is 0. The second kappa shape index (κ2) is 12.6. The molecule has 2 nitrogen and oxygen atoms in total. The molecule has 1 unspecified atom stereocenters.